The van der Waals surface area contributed by atoms with E-state index in [0.29, 0.717) is 19.3 Å². The normalized spacial score (nSPS) is 12.8. The van der Waals surface area contributed by atoms with Crippen LogP contribution in [0, 0.1) is 0 Å². The number of unbranched alkanes of at least 4 members (excludes halogenated alkanes) is 23. The van der Waals surface area contributed by atoms with Crippen LogP contribution < -0.4 is 0 Å². The third-order valence-electron chi connectivity index (χ3n) is 10.5. The van der Waals surface area contributed by atoms with Crippen molar-refractivity contribution in [3.63, 3.8) is 0 Å². The molecule has 348 valence electrons. The highest BCUT2D eigenvalue weighted by atomic mass is 16.6. The van der Waals surface area contributed by atoms with Gasteiger partial charge in [-0.3, -0.25) is 14.4 Å². The van der Waals surface area contributed by atoms with Gasteiger partial charge in [-0.05, 0) is 83.5 Å². The van der Waals surface area contributed by atoms with E-state index in [9.17, 15) is 14.4 Å². The molecule has 0 fully saturated rings. The molecule has 0 saturated heterocycles. The number of carbonyl (C=O) groups is 3. The van der Waals surface area contributed by atoms with E-state index in [0.717, 1.165) is 96.3 Å². The van der Waals surface area contributed by atoms with Crippen molar-refractivity contribution >= 4 is 17.9 Å². The van der Waals surface area contributed by atoms with Gasteiger partial charge in [0.25, 0.3) is 0 Å². The van der Waals surface area contributed by atoms with Crippen molar-refractivity contribution in [2.45, 2.75) is 232 Å². The van der Waals surface area contributed by atoms with Crippen LogP contribution >= 0.6 is 0 Å². The smallest absolute Gasteiger partial charge is 0.306 e. The first kappa shape index (κ1) is 57.6. The van der Waals surface area contributed by atoms with Crippen molar-refractivity contribution in [1.82, 2.24) is 0 Å². The highest BCUT2D eigenvalue weighted by Crippen LogP contribution is 2.14. The predicted octanol–water partition coefficient (Wildman–Crippen LogP) is 16.4. The predicted molar refractivity (Wildman–Crippen MR) is 261 cm³/mol. The molecule has 0 aromatic heterocycles. The van der Waals surface area contributed by atoms with E-state index >= 15 is 0 Å². The van der Waals surface area contributed by atoms with Gasteiger partial charge < -0.3 is 14.2 Å². The first-order valence-electron chi connectivity index (χ1n) is 25.2. The van der Waals surface area contributed by atoms with Crippen LogP contribution in [0.15, 0.2) is 85.1 Å². The number of rotatable bonds is 44. The van der Waals surface area contributed by atoms with Crippen LogP contribution in [0.1, 0.15) is 226 Å². The van der Waals surface area contributed by atoms with E-state index in [2.05, 4.69) is 106 Å². The molecule has 0 heterocycles. The zero-order valence-corrected chi connectivity index (χ0v) is 39.7. The molecule has 0 bridgehead atoms. The van der Waals surface area contributed by atoms with Crippen LogP contribution in [0.2, 0.25) is 0 Å². The number of ether oxygens (including phenoxy) is 3. The largest absolute Gasteiger partial charge is 0.462 e. The Morgan fingerprint density at radius 2 is 0.656 bits per heavy atom. The summed E-state index contributed by atoms with van der Waals surface area (Å²) in [6, 6.07) is 0. The van der Waals surface area contributed by atoms with Crippen molar-refractivity contribution in [3.8, 4) is 0 Å². The van der Waals surface area contributed by atoms with E-state index < -0.39 is 6.10 Å². The maximum absolute atomic E-state index is 12.8. The molecular weight excluding hydrogens is 757 g/mol. The van der Waals surface area contributed by atoms with E-state index in [1.807, 2.05) is 0 Å². The van der Waals surface area contributed by atoms with Gasteiger partial charge >= 0.3 is 17.9 Å². The summed E-state index contributed by atoms with van der Waals surface area (Å²) in [5, 5.41) is 0. The summed E-state index contributed by atoms with van der Waals surface area (Å²) in [6.45, 7) is 6.37. The molecule has 0 N–H and O–H groups in total. The molecule has 1 unspecified atom stereocenters. The molecule has 0 aliphatic rings. The van der Waals surface area contributed by atoms with Gasteiger partial charge in [0.1, 0.15) is 13.2 Å². The molecule has 6 nitrogen and oxygen atoms in total. The highest BCUT2D eigenvalue weighted by Gasteiger charge is 2.19. The van der Waals surface area contributed by atoms with Crippen LogP contribution in [0.25, 0.3) is 0 Å². The Hall–Kier alpha value is -3.41. The molecule has 0 spiro atoms. The minimum Gasteiger partial charge on any atom is -0.462 e. The number of hydrogen-bond donors (Lipinski definition) is 0. The average molecular weight is 849 g/mol. The topological polar surface area (TPSA) is 78.9 Å². The monoisotopic (exact) mass is 849 g/mol. The van der Waals surface area contributed by atoms with Crippen molar-refractivity contribution in [1.29, 1.82) is 0 Å². The molecule has 0 aliphatic carbocycles. The fourth-order valence-corrected chi connectivity index (χ4v) is 6.64. The summed E-state index contributed by atoms with van der Waals surface area (Å²) in [6.07, 6.45) is 62.8. The highest BCUT2D eigenvalue weighted by molar-refractivity contribution is 5.71. The van der Waals surface area contributed by atoms with Gasteiger partial charge in [-0.1, -0.05) is 209 Å². The molecule has 61 heavy (non-hydrogen) atoms. The quantitative estimate of drug-likeness (QED) is 0.0263. The van der Waals surface area contributed by atoms with E-state index in [4.69, 9.17) is 14.2 Å². The summed E-state index contributed by atoms with van der Waals surface area (Å²) in [4.78, 5) is 37.9. The Morgan fingerprint density at radius 3 is 1.07 bits per heavy atom. The van der Waals surface area contributed by atoms with Crippen LogP contribution in [0.3, 0.4) is 0 Å². The summed E-state index contributed by atoms with van der Waals surface area (Å²) < 4.78 is 16.7. The Labute approximate surface area is 375 Å². The molecule has 0 aromatic carbocycles. The molecule has 0 aliphatic heterocycles. The summed E-state index contributed by atoms with van der Waals surface area (Å²) >= 11 is 0. The zero-order valence-electron chi connectivity index (χ0n) is 39.7. The number of esters is 3. The second kappa shape index (κ2) is 49.2. The Morgan fingerprint density at radius 1 is 0.344 bits per heavy atom. The lowest BCUT2D eigenvalue weighted by Crippen LogP contribution is -2.30. The molecular formula is C55H92O6. The number of hydrogen-bond acceptors (Lipinski definition) is 6. The minimum atomic E-state index is -0.798. The lowest BCUT2D eigenvalue weighted by molar-refractivity contribution is -0.167. The van der Waals surface area contributed by atoms with Crippen LogP contribution in [-0.2, 0) is 28.6 Å². The SMILES string of the molecule is CC\C=C/C=C\C=C/CCCCCCCC(=O)OC(COC(=O)CCCCC/C=C\C=C/CCCC)COC(=O)CCCCCCCCCCCC/C=C\C=C/CCCCC. The van der Waals surface area contributed by atoms with Crippen molar-refractivity contribution in [2.24, 2.45) is 0 Å². The van der Waals surface area contributed by atoms with Gasteiger partial charge in [-0.2, -0.15) is 0 Å². The van der Waals surface area contributed by atoms with Crippen molar-refractivity contribution < 1.29 is 28.6 Å². The van der Waals surface area contributed by atoms with Crippen LogP contribution in [0.5, 0.6) is 0 Å². The van der Waals surface area contributed by atoms with Gasteiger partial charge in [0.05, 0.1) is 0 Å². The second-order valence-corrected chi connectivity index (χ2v) is 16.5. The molecule has 1 atom stereocenters. The summed E-state index contributed by atoms with van der Waals surface area (Å²) in [5.74, 6) is -0.953. The summed E-state index contributed by atoms with van der Waals surface area (Å²) in [5.41, 5.74) is 0. The molecule has 0 rings (SSSR count). The van der Waals surface area contributed by atoms with Gasteiger partial charge in [-0.25, -0.2) is 0 Å². The zero-order chi connectivity index (χ0) is 44.4. The average Bonchev–Trinajstić information content (AvgIpc) is 3.26. The van der Waals surface area contributed by atoms with Gasteiger partial charge in [0.2, 0.25) is 0 Å². The second-order valence-electron chi connectivity index (χ2n) is 16.5. The molecule has 0 amide bonds. The minimum absolute atomic E-state index is 0.0961. The molecule has 0 aromatic rings. The lowest BCUT2D eigenvalue weighted by Gasteiger charge is -2.18. The first-order chi connectivity index (χ1) is 30.0. The molecule has 6 heteroatoms. The first-order valence-corrected chi connectivity index (χ1v) is 25.2. The van der Waals surface area contributed by atoms with E-state index in [-0.39, 0.29) is 31.1 Å². The molecule has 0 radical (unpaired) electrons. The van der Waals surface area contributed by atoms with E-state index in [1.165, 1.54) is 89.9 Å². The fraction of sp³-hybridized carbons (Fsp3) is 0.691. The fourth-order valence-electron chi connectivity index (χ4n) is 6.64. The van der Waals surface area contributed by atoms with Gasteiger partial charge in [0.15, 0.2) is 6.10 Å². The van der Waals surface area contributed by atoms with Crippen molar-refractivity contribution in [2.75, 3.05) is 13.2 Å². The van der Waals surface area contributed by atoms with Gasteiger partial charge in [0, 0.05) is 19.3 Å². The maximum atomic E-state index is 12.8. The molecule has 0 saturated carbocycles. The Bertz CT molecular complexity index is 1200. The Balaban J connectivity index is 4.39. The standard InChI is InChI=1S/C55H92O6/c1-4-7-10-13-16-19-22-24-25-26-27-28-29-31-33-36-39-42-45-48-54(57)60-51-52(50-59-53(56)47-44-41-38-35-32-21-18-15-12-9-6-3)61-55(58)49-46-43-40-37-34-30-23-20-17-14-11-8-5-2/h8,11,14-24,32,52H,4-7,9-10,12-13,25-31,33-51H2,1-3H3/b11-8-,17-14-,18-15-,19-16-,23-20-,24-22-,32-21-. The third kappa shape index (κ3) is 47.5. The summed E-state index contributed by atoms with van der Waals surface area (Å²) in [7, 11) is 0. The van der Waals surface area contributed by atoms with Gasteiger partial charge in [-0.15, -0.1) is 0 Å². The van der Waals surface area contributed by atoms with Crippen LogP contribution in [-0.4, -0.2) is 37.2 Å². The number of allylic oxidation sites excluding steroid dienone is 14. The van der Waals surface area contributed by atoms with E-state index in [1.54, 1.807) is 0 Å². The third-order valence-corrected chi connectivity index (χ3v) is 10.5. The lowest BCUT2D eigenvalue weighted by atomic mass is 10.1. The Kier molecular flexibility index (Phi) is 46.5. The van der Waals surface area contributed by atoms with Crippen LogP contribution in [0.4, 0.5) is 0 Å². The number of carbonyl (C=O) groups excluding carboxylic acids is 3. The maximum Gasteiger partial charge on any atom is 0.306 e. The van der Waals surface area contributed by atoms with Crippen molar-refractivity contribution in [3.05, 3.63) is 85.1 Å².